The average molecular weight is 437 g/mol. The number of fused-ring (bicyclic) bond motifs is 2. The zero-order valence-corrected chi connectivity index (χ0v) is 18.8. The van der Waals surface area contributed by atoms with Crippen molar-refractivity contribution in [3.05, 3.63) is 53.6 Å². The molecule has 2 aliphatic rings. The highest BCUT2D eigenvalue weighted by atomic mass is 32.1. The van der Waals surface area contributed by atoms with Crippen LogP contribution in [0.1, 0.15) is 42.2 Å². The minimum atomic E-state index is -0.0518. The molecule has 3 aromatic rings. The van der Waals surface area contributed by atoms with Crippen molar-refractivity contribution in [1.82, 2.24) is 15.2 Å². The summed E-state index contributed by atoms with van der Waals surface area (Å²) in [5.41, 5.74) is 2.68. The number of rotatable bonds is 4. The lowest BCUT2D eigenvalue weighted by molar-refractivity contribution is 0.0925. The Kier molecular flexibility index (Phi) is 5.54. The molecule has 162 valence electrons. The highest BCUT2D eigenvalue weighted by molar-refractivity contribution is 7.22. The van der Waals surface area contributed by atoms with E-state index in [-0.39, 0.29) is 11.9 Å². The molecule has 0 radical (unpaired) electrons. The first-order valence-electron chi connectivity index (χ1n) is 11.0. The molecule has 1 aromatic heterocycles. The normalized spacial score (nSPS) is 19.3. The third-order valence-corrected chi connectivity index (χ3v) is 7.30. The Morgan fingerprint density at radius 1 is 1.16 bits per heavy atom. The van der Waals surface area contributed by atoms with E-state index in [0.29, 0.717) is 18.2 Å². The van der Waals surface area contributed by atoms with Gasteiger partial charge in [-0.3, -0.25) is 9.69 Å². The Labute approximate surface area is 186 Å². The maximum atomic E-state index is 13.0. The summed E-state index contributed by atoms with van der Waals surface area (Å²) in [6.07, 6.45) is 0.776. The molecule has 1 N–H and O–H groups in total. The number of carbonyl (C=O) groups excluding carboxylic acids is 1. The third-order valence-electron chi connectivity index (χ3n) is 6.22. The molecule has 3 heterocycles. The number of hydrogen-bond acceptors (Lipinski definition) is 6. The first-order chi connectivity index (χ1) is 15.1. The van der Waals surface area contributed by atoms with Gasteiger partial charge in [0.15, 0.2) is 5.13 Å². The standard InChI is InChI=1S/C24H28N4O2S/c1-16(2)27-10-12-28(13-11-27)24-26-20-8-7-17(15-22(20)31-24)23(29)25-19-9-14-30-21-6-4-3-5-18(19)21/h3-8,15-16,19H,9-14H2,1-2H3,(H,25,29)/t19-/m0/s1. The molecule has 1 saturated heterocycles. The maximum absolute atomic E-state index is 13.0. The second-order valence-electron chi connectivity index (χ2n) is 8.50. The van der Waals surface area contributed by atoms with E-state index >= 15 is 0 Å². The number of anilines is 1. The van der Waals surface area contributed by atoms with Gasteiger partial charge >= 0.3 is 0 Å². The molecule has 0 spiro atoms. The number of carbonyl (C=O) groups is 1. The van der Waals surface area contributed by atoms with Crippen molar-refractivity contribution in [2.24, 2.45) is 0 Å². The van der Waals surface area contributed by atoms with Gasteiger partial charge in [0.25, 0.3) is 5.91 Å². The van der Waals surface area contributed by atoms with Crippen LogP contribution in [0.5, 0.6) is 5.75 Å². The van der Waals surface area contributed by atoms with Crippen molar-refractivity contribution >= 4 is 32.6 Å². The molecule has 31 heavy (non-hydrogen) atoms. The van der Waals surface area contributed by atoms with Crippen LogP contribution >= 0.6 is 11.3 Å². The SMILES string of the molecule is CC(C)N1CCN(c2nc3ccc(C(=O)N[C@H]4CCOc5ccccc54)cc3s2)CC1. The van der Waals surface area contributed by atoms with Crippen LogP contribution in [0.3, 0.4) is 0 Å². The van der Waals surface area contributed by atoms with Gasteiger partial charge in [-0.25, -0.2) is 4.98 Å². The van der Waals surface area contributed by atoms with Crippen LogP contribution in [0, 0.1) is 0 Å². The molecule has 2 aliphatic heterocycles. The Morgan fingerprint density at radius 2 is 1.97 bits per heavy atom. The van der Waals surface area contributed by atoms with E-state index < -0.39 is 0 Å². The smallest absolute Gasteiger partial charge is 0.251 e. The summed E-state index contributed by atoms with van der Waals surface area (Å²) in [7, 11) is 0. The number of hydrogen-bond donors (Lipinski definition) is 1. The van der Waals surface area contributed by atoms with Crippen LogP contribution in [-0.4, -0.2) is 54.6 Å². The Balaban J connectivity index is 1.31. The molecular weight excluding hydrogens is 408 g/mol. The lowest BCUT2D eigenvalue weighted by atomic mass is 10.00. The minimum absolute atomic E-state index is 0.0255. The Morgan fingerprint density at radius 3 is 2.77 bits per heavy atom. The number of benzene rings is 2. The number of nitrogens with one attached hydrogen (secondary N) is 1. The van der Waals surface area contributed by atoms with Gasteiger partial charge < -0.3 is 15.0 Å². The number of amides is 1. The van der Waals surface area contributed by atoms with E-state index in [9.17, 15) is 4.79 Å². The Hall–Kier alpha value is -2.64. The monoisotopic (exact) mass is 436 g/mol. The molecule has 1 atom stereocenters. The summed E-state index contributed by atoms with van der Waals surface area (Å²) in [6.45, 7) is 9.23. The largest absolute Gasteiger partial charge is 0.493 e. The zero-order valence-electron chi connectivity index (χ0n) is 18.0. The van der Waals surface area contributed by atoms with E-state index in [4.69, 9.17) is 9.72 Å². The summed E-state index contributed by atoms with van der Waals surface area (Å²) in [6, 6.07) is 14.3. The quantitative estimate of drug-likeness (QED) is 0.668. The fourth-order valence-corrected chi connectivity index (χ4v) is 5.41. The van der Waals surface area contributed by atoms with Crippen LogP contribution in [0.4, 0.5) is 5.13 Å². The fraction of sp³-hybridized carbons (Fsp3) is 0.417. The second-order valence-corrected chi connectivity index (χ2v) is 9.51. The lowest BCUT2D eigenvalue weighted by Crippen LogP contribution is -2.48. The maximum Gasteiger partial charge on any atom is 0.251 e. The van der Waals surface area contributed by atoms with E-state index in [1.807, 2.05) is 42.5 Å². The second kappa shape index (κ2) is 8.48. The van der Waals surface area contributed by atoms with Gasteiger partial charge in [-0.2, -0.15) is 0 Å². The van der Waals surface area contributed by atoms with Crippen molar-refractivity contribution < 1.29 is 9.53 Å². The first-order valence-corrected chi connectivity index (χ1v) is 11.8. The van der Waals surface area contributed by atoms with Crippen LogP contribution in [-0.2, 0) is 0 Å². The van der Waals surface area contributed by atoms with Crippen molar-refractivity contribution in [2.45, 2.75) is 32.4 Å². The molecule has 0 aliphatic carbocycles. The first kappa shape index (κ1) is 20.3. The van der Waals surface area contributed by atoms with Gasteiger partial charge in [0, 0.05) is 49.8 Å². The summed E-state index contributed by atoms with van der Waals surface area (Å²) in [4.78, 5) is 22.7. The van der Waals surface area contributed by atoms with Gasteiger partial charge in [0.1, 0.15) is 5.75 Å². The van der Waals surface area contributed by atoms with E-state index in [0.717, 1.165) is 59.3 Å². The van der Waals surface area contributed by atoms with E-state index in [1.54, 1.807) is 11.3 Å². The molecule has 6 nitrogen and oxygen atoms in total. The molecule has 1 amide bonds. The number of piperazine rings is 1. The predicted octanol–water partition coefficient (Wildman–Crippen LogP) is 4.08. The minimum Gasteiger partial charge on any atom is -0.493 e. The molecule has 7 heteroatoms. The molecule has 5 rings (SSSR count). The van der Waals surface area contributed by atoms with Crippen molar-refractivity contribution in [2.75, 3.05) is 37.7 Å². The van der Waals surface area contributed by atoms with Gasteiger partial charge in [0.05, 0.1) is 22.9 Å². The van der Waals surface area contributed by atoms with Gasteiger partial charge in [-0.05, 0) is 38.1 Å². The molecule has 0 bridgehead atoms. The van der Waals surface area contributed by atoms with Crippen molar-refractivity contribution in [3.63, 3.8) is 0 Å². The highest BCUT2D eigenvalue weighted by Gasteiger charge is 2.24. The molecule has 0 saturated carbocycles. The topological polar surface area (TPSA) is 57.7 Å². The van der Waals surface area contributed by atoms with E-state index in [1.165, 1.54) is 0 Å². The number of nitrogens with zero attached hydrogens (tertiary/aromatic N) is 3. The van der Waals surface area contributed by atoms with Gasteiger partial charge in [0.2, 0.25) is 0 Å². The summed E-state index contributed by atoms with van der Waals surface area (Å²) in [5, 5.41) is 4.24. The summed E-state index contributed by atoms with van der Waals surface area (Å²) >= 11 is 1.68. The highest BCUT2D eigenvalue weighted by Crippen LogP contribution is 2.33. The van der Waals surface area contributed by atoms with Crippen molar-refractivity contribution in [1.29, 1.82) is 0 Å². The molecule has 2 aromatic carbocycles. The number of ether oxygens (including phenoxy) is 1. The predicted molar refractivity (Wildman–Crippen MR) is 125 cm³/mol. The van der Waals surface area contributed by atoms with E-state index in [2.05, 4.69) is 29.0 Å². The number of para-hydroxylation sites is 1. The molecular formula is C24H28N4O2S. The average Bonchev–Trinajstić information content (AvgIpc) is 3.23. The third kappa shape index (κ3) is 4.12. The Bertz CT molecular complexity index is 1090. The fourth-order valence-electron chi connectivity index (χ4n) is 4.35. The van der Waals surface area contributed by atoms with Gasteiger partial charge in [-0.15, -0.1) is 0 Å². The van der Waals surface area contributed by atoms with Crippen LogP contribution < -0.4 is 15.0 Å². The van der Waals surface area contributed by atoms with Crippen molar-refractivity contribution in [3.8, 4) is 5.75 Å². The number of aromatic nitrogens is 1. The van der Waals surface area contributed by atoms with Crippen LogP contribution in [0.2, 0.25) is 0 Å². The molecule has 1 fully saturated rings. The summed E-state index contributed by atoms with van der Waals surface area (Å²) in [5.74, 6) is 0.809. The lowest BCUT2D eigenvalue weighted by Gasteiger charge is -2.36. The summed E-state index contributed by atoms with van der Waals surface area (Å²) < 4.78 is 6.77. The van der Waals surface area contributed by atoms with Gasteiger partial charge in [-0.1, -0.05) is 29.5 Å². The van der Waals surface area contributed by atoms with Crippen LogP contribution in [0.25, 0.3) is 10.2 Å². The number of thiazole rings is 1. The zero-order chi connectivity index (χ0) is 21.4. The van der Waals surface area contributed by atoms with Crippen LogP contribution in [0.15, 0.2) is 42.5 Å². The molecule has 0 unspecified atom stereocenters.